The average Bonchev–Trinajstić information content (AvgIpc) is 2.55. The Balaban J connectivity index is 1.68. The number of benzene rings is 1. The quantitative estimate of drug-likeness (QED) is 0.596. The Kier molecular flexibility index (Phi) is 6.68. The molecule has 0 radical (unpaired) electrons. The lowest BCUT2D eigenvalue weighted by molar-refractivity contribution is -0.108. The third kappa shape index (κ3) is 5.31. The monoisotopic (exact) mass is 324 g/mol. The van der Waals surface area contributed by atoms with E-state index in [1.807, 2.05) is 12.1 Å². The summed E-state index contributed by atoms with van der Waals surface area (Å²) < 4.78 is 5.32. The first-order valence-electron chi connectivity index (χ1n) is 7.51. The lowest BCUT2D eigenvalue weighted by atomic mass is 10.2. The molecule has 6 heteroatoms. The van der Waals surface area contributed by atoms with Gasteiger partial charge in [0.2, 0.25) is 0 Å². The first-order valence-corrected chi connectivity index (χ1v) is 7.89. The number of hydrogen-bond donors (Lipinski definition) is 0. The molecule has 0 atom stereocenters. The lowest BCUT2D eigenvalue weighted by Gasteiger charge is -2.33. The van der Waals surface area contributed by atoms with Crippen LogP contribution in [0.4, 0.5) is 4.79 Å². The molecule has 120 valence electrons. The Bertz CT molecular complexity index is 485. The molecule has 1 heterocycles. The molecule has 1 amide bonds. The number of nitrogens with zero attached hydrogens (tertiary/aromatic N) is 2. The maximum absolute atomic E-state index is 12.0. The fourth-order valence-electron chi connectivity index (χ4n) is 2.37. The van der Waals surface area contributed by atoms with Crippen molar-refractivity contribution in [1.82, 2.24) is 9.80 Å². The van der Waals surface area contributed by atoms with E-state index in [2.05, 4.69) is 4.90 Å². The largest absolute Gasteiger partial charge is 0.445 e. The number of carbonyl (C=O) groups excluding carboxylic acids is 2. The maximum atomic E-state index is 12.0. The Labute approximate surface area is 135 Å². The number of rotatable bonds is 6. The highest BCUT2D eigenvalue weighted by molar-refractivity contribution is 6.30. The predicted octanol–water partition coefficient (Wildman–Crippen LogP) is 2.57. The highest BCUT2D eigenvalue weighted by Crippen LogP contribution is 2.11. The second-order valence-electron chi connectivity index (χ2n) is 5.32. The van der Waals surface area contributed by atoms with E-state index in [-0.39, 0.29) is 12.7 Å². The van der Waals surface area contributed by atoms with Gasteiger partial charge in [-0.25, -0.2) is 4.79 Å². The normalized spacial score (nSPS) is 15.6. The number of carbonyl (C=O) groups is 2. The Morgan fingerprint density at radius 3 is 2.50 bits per heavy atom. The highest BCUT2D eigenvalue weighted by Gasteiger charge is 2.21. The first-order chi connectivity index (χ1) is 10.7. The second-order valence-corrected chi connectivity index (χ2v) is 5.76. The number of piperazine rings is 1. The first kappa shape index (κ1) is 16.8. The third-order valence-corrected chi connectivity index (χ3v) is 3.95. The van der Waals surface area contributed by atoms with E-state index < -0.39 is 0 Å². The Morgan fingerprint density at radius 1 is 1.18 bits per heavy atom. The van der Waals surface area contributed by atoms with E-state index in [4.69, 9.17) is 16.3 Å². The minimum atomic E-state index is -0.275. The Hall–Kier alpha value is -1.59. The molecule has 0 spiro atoms. The van der Waals surface area contributed by atoms with Crippen molar-refractivity contribution in [2.45, 2.75) is 19.4 Å². The predicted molar refractivity (Wildman–Crippen MR) is 84.9 cm³/mol. The van der Waals surface area contributed by atoms with Crippen molar-refractivity contribution >= 4 is 24.0 Å². The molecule has 0 N–H and O–H groups in total. The zero-order chi connectivity index (χ0) is 15.8. The molecule has 0 aromatic heterocycles. The van der Waals surface area contributed by atoms with Gasteiger partial charge in [-0.3, -0.25) is 4.90 Å². The van der Waals surface area contributed by atoms with Crippen molar-refractivity contribution in [3.8, 4) is 0 Å². The summed E-state index contributed by atoms with van der Waals surface area (Å²) in [5.74, 6) is 0. The van der Waals surface area contributed by atoms with Crippen LogP contribution < -0.4 is 0 Å². The van der Waals surface area contributed by atoms with Crippen LogP contribution in [0.3, 0.4) is 0 Å². The fraction of sp³-hybridized carbons (Fsp3) is 0.500. The smallest absolute Gasteiger partial charge is 0.410 e. The van der Waals surface area contributed by atoms with Gasteiger partial charge in [0.25, 0.3) is 0 Å². The molecule has 1 aliphatic heterocycles. The Morgan fingerprint density at radius 2 is 1.86 bits per heavy atom. The van der Waals surface area contributed by atoms with E-state index in [0.717, 1.165) is 37.9 Å². The third-order valence-electron chi connectivity index (χ3n) is 3.70. The molecule has 1 aliphatic rings. The van der Waals surface area contributed by atoms with Gasteiger partial charge in [0.1, 0.15) is 12.9 Å². The summed E-state index contributed by atoms with van der Waals surface area (Å²) in [5.41, 5.74) is 0.922. The summed E-state index contributed by atoms with van der Waals surface area (Å²) in [6, 6.07) is 7.26. The van der Waals surface area contributed by atoms with E-state index in [0.29, 0.717) is 24.5 Å². The molecule has 0 unspecified atom stereocenters. The van der Waals surface area contributed by atoms with Gasteiger partial charge in [0.15, 0.2) is 0 Å². The molecule has 1 aromatic carbocycles. The molecular weight excluding hydrogens is 304 g/mol. The number of amides is 1. The summed E-state index contributed by atoms with van der Waals surface area (Å²) in [6.45, 7) is 4.16. The van der Waals surface area contributed by atoms with Crippen molar-refractivity contribution in [2.24, 2.45) is 0 Å². The van der Waals surface area contributed by atoms with Crippen molar-refractivity contribution < 1.29 is 14.3 Å². The van der Waals surface area contributed by atoms with Crippen LogP contribution in [0.25, 0.3) is 0 Å². The SMILES string of the molecule is O=CCCCN1CCN(C(=O)OCc2ccc(Cl)cc2)CC1. The summed E-state index contributed by atoms with van der Waals surface area (Å²) in [5, 5.41) is 0.667. The highest BCUT2D eigenvalue weighted by atomic mass is 35.5. The number of aldehydes is 1. The number of hydrogen-bond acceptors (Lipinski definition) is 4. The molecule has 1 aromatic rings. The topological polar surface area (TPSA) is 49.9 Å². The van der Waals surface area contributed by atoms with Crippen LogP contribution in [0.5, 0.6) is 0 Å². The number of unbranched alkanes of at least 4 members (excludes halogenated alkanes) is 1. The molecule has 0 bridgehead atoms. The average molecular weight is 325 g/mol. The van der Waals surface area contributed by atoms with Gasteiger partial charge >= 0.3 is 6.09 Å². The molecule has 2 rings (SSSR count). The van der Waals surface area contributed by atoms with Gasteiger partial charge in [0.05, 0.1) is 0 Å². The van der Waals surface area contributed by atoms with Crippen molar-refractivity contribution in [2.75, 3.05) is 32.7 Å². The zero-order valence-electron chi connectivity index (χ0n) is 12.5. The van der Waals surface area contributed by atoms with Gasteiger partial charge in [-0.15, -0.1) is 0 Å². The summed E-state index contributed by atoms with van der Waals surface area (Å²) in [4.78, 5) is 26.3. The van der Waals surface area contributed by atoms with Crippen molar-refractivity contribution in [1.29, 1.82) is 0 Å². The van der Waals surface area contributed by atoms with E-state index in [9.17, 15) is 9.59 Å². The van der Waals surface area contributed by atoms with Crippen LogP contribution in [0, 0.1) is 0 Å². The van der Waals surface area contributed by atoms with E-state index >= 15 is 0 Å². The van der Waals surface area contributed by atoms with E-state index in [1.54, 1.807) is 17.0 Å². The summed E-state index contributed by atoms with van der Waals surface area (Å²) >= 11 is 5.82. The summed E-state index contributed by atoms with van der Waals surface area (Å²) in [6.07, 6.45) is 2.15. The second kappa shape index (κ2) is 8.76. The minimum absolute atomic E-state index is 0.259. The van der Waals surface area contributed by atoms with Crippen LogP contribution in [-0.4, -0.2) is 54.9 Å². The molecule has 1 fully saturated rings. The fourth-order valence-corrected chi connectivity index (χ4v) is 2.50. The van der Waals surface area contributed by atoms with Crippen LogP contribution >= 0.6 is 11.6 Å². The minimum Gasteiger partial charge on any atom is -0.445 e. The molecule has 0 saturated carbocycles. The van der Waals surface area contributed by atoms with Crippen molar-refractivity contribution in [3.63, 3.8) is 0 Å². The van der Waals surface area contributed by atoms with Gasteiger partial charge in [-0.05, 0) is 30.7 Å². The van der Waals surface area contributed by atoms with Crippen LogP contribution in [0.15, 0.2) is 24.3 Å². The molecular formula is C16H21ClN2O3. The van der Waals surface area contributed by atoms with Crippen LogP contribution in [-0.2, 0) is 16.1 Å². The summed E-state index contributed by atoms with van der Waals surface area (Å²) in [7, 11) is 0. The van der Waals surface area contributed by atoms with Crippen molar-refractivity contribution in [3.05, 3.63) is 34.9 Å². The van der Waals surface area contributed by atoms with Gasteiger partial charge < -0.3 is 14.4 Å². The van der Waals surface area contributed by atoms with Gasteiger partial charge in [0, 0.05) is 37.6 Å². The maximum Gasteiger partial charge on any atom is 0.410 e. The number of halogens is 1. The standard InChI is InChI=1S/C16H21ClN2O3/c17-15-5-3-14(4-6-15)13-22-16(21)19-10-8-18(9-11-19)7-1-2-12-20/h3-6,12H,1-2,7-11,13H2. The van der Waals surface area contributed by atoms with Gasteiger partial charge in [-0.2, -0.15) is 0 Å². The zero-order valence-corrected chi connectivity index (χ0v) is 13.3. The van der Waals surface area contributed by atoms with Crippen LogP contribution in [0.2, 0.25) is 5.02 Å². The van der Waals surface area contributed by atoms with Crippen LogP contribution in [0.1, 0.15) is 18.4 Å². The molecule has 0 aliphatic carbocycles. The number of ether oxygens (including phenoxy) is 1. The lowest BCUT2D eigenvalue weighted by Crippen LogP contribution is -2.48. The molecule has 1 saturated heterocycles. The molecule has 22 heavy (non-hydrogen) atoms. The van der Waals surface area contributed by atoms with Gasteiger partial charge in [-0.1, -0.05) is 23.7 Å². The molecule has 5 nitrogen and oxygen atoms in total. The van der Waals surface area contributed by atoms with E-state index in [1.165, 1.54) is 0 Å².